The van der Waals surface area contributed by atoms with Gasteiger partial charge in [0.2, 0.25) is 0 Å². The molecule has 1 aliphatic heterocycles. The molecule has 6 heteroatoms. The summed E-state index contributed by atoms with van der Waals surface area (Å²) in [5, 5.41) is 9.01. The first-order chi connectivity index (χ1) is 12.2. The number of ether oxygens (including phenoxy) is 1. The Labute approximate surface area is 148 Å². The quantitative estimate of drug-likeness (QED) is 0.782. The van der Waals surface area contributed by atoms with Gasteiger partial charge < -0.3 is 25.6 Å². The molecule has 1 aliphatic rings. The van der Waals surface area contributed by atoms with Crippen molar-refractivity contribution >= 4 is 23.1 Å². The van der Waals surface area contributed by atoms with Gasteiger partial charge in [-0.2, -0.15) is 0 Å². The van der Waals surface area contributed by atoms with Crippen LogP contribution in [-0.2, 0) is 0 Å². The first kappa shape index (κ1) is 17.1. The maximum atomic E-state index is 12.2. The van der Waals surface area contributed by atoms with E-state index in [0.717, 1.165) is 37.6 Å². The Morgan fingerprint density at radius 3 is 2.52 bits per heavy atom. The second kappa shape index (κ2) is 8.39. The standard InChI is InChI=1S/C19H24N4O2/c1-2-25-18-5-3-4-16(14-18)22-19(24)21-15-6-8-17(9-7-15)23-12-10-20-11-13-23/h3-9,14,20H,2,10-13H2,1H3,(H2,21,22,24). The number of anilines is 3. The summed E-state index contributed by atoms with van der Waals surface area (Å²) in [5.41, 5.74) is 2.63. The Kier molecular flexibility index (Phi) is 5.74. The van der Waals surface area contributed by atoms with E-state index in [0.29, 0.717) is 12.3 Å². The number of hydrogen-bond donors (Lipinski definition) is 3. The van der Waals surface area contributed by atoms with Crippen LogP contribution in [0, 0.1) is 0 Å². The molecule has 1 saturated heterocycles. The third-order valence-corrected chi connectivity index (χ3v) is 4.01. The second-order valence-electron chi connectivity index (χ2n) is 5.82. The first-order valence-electron chi connectivity index (χ1n) is 8.61. The van der Waals surface area contributed by atoms with Gasteiger partial charge in [0, 0.05) is 49.3 Å². The number of piperazine rings is 1. The highest BCUT2D eigenvalue weighted by Gasteiger charge is 2.10. The van der Waals surface area contributed by atoms with E-state index in [4.69, 9.17) is 4.74 Å². The Hall–Kier alpha value is -2.73. The van der Waals surface area contributed by atoms with Crippen molar-refractivity contribution in [1.82, 2.24) is 5.32 Å². The van der Waals surface area contributed by atoms with E-state index in [1.807, 2.05) is 49.4 Å². The molecule has 6 nitrogen and oxygen atoms in total. The van der Waals surface area contributed by atoms with Gasteiger partial charge in [0.25, 0.3) is 0 Å². The van der Waals surface area contributed by atoms with Crippen LogP contribution < -0.4 is 25.6 Å². The molecule has 0 unspecified atom stereocenters. The van der Waals surface area contributed by atoms with Crippen LogP contribution in [0.3, 0.4) is 0 Å². The summed E-state index contributed by atoms with van der Waals surface area (Å²) >= 11 is 0. The molecule has 3 N–H and O–H groups in total. The monoisotopic (exact) mass is 340 g/mol. The van der Waals surface area contributed by atoms with Crippen molar-refractivity contribution in [2.45, 2.75) is 6.92 Å². The molecule has 0 aliphatic carbocycles. The largest absolute Gasteiger partial charge is 0.494 e. The number of carbonyl (C=O) groups is 1. The van der Waals surface area contributed by atoms with Gasteiger partial charge in [-0.25, -0.2) is 4.79 Å². The smallest absolute Gasteiger partial charge is 0.323 e. The van der Waals surface area contributed by atoms with Crippen molar-refractivity contribution in [3.05, 3.63) is 48.5 Å². The number of amides is 2. The van der Waals surface area contributed by atoms with Crippen LogP contribution in [0.15, 0.2) is 48.5 Å². The minimum Gasteiger partial charge on any atom is -0.494 e. The third-order valence-electron chi connectivity index (χ3n) is 4.01. The molecular weight excluding hydrogens is 316 g/mol. The molecule has 2 aromatic carbocycles. The topological polar surface area (TPSA) is 65.6 Å². The lowest BCUT2D eigenvalue weighted by Gasteiger charge is -2.29. The zero-order valence-electron chi connectivity index (χ0n) is 14.4. The lowest BCUT2D eigenvalue weighted by atomic mass is 10.2. The van der Waals surface area contributed by atoms with Gasteiger partial charge >= 0.3 is 6.03 Å². The summed E-state index contributed by atoms with van der Waals surface area (Å²) in [6.07, 6.45) is 0. The van der Waals surface area contributed by atoms with Crippen molar-refractivity contribution in [2.24, 2.45) is 0 Å². The van der Waals surface area contributed by atoms with Crippen molar-refractivity contribution < 1.29 is 9.53 Å². The van der Waals surface area contributed by atoms with Gasteiger partial charge in [-0.1, -0.05) is 6.07 Å². The summed E-state index contributed by atoms with van der Waals surface area (Å²) in [6.45, 7) is 6.53. The van der Waals surface area contributed by atoms with Crippen LogP contribution in [0.5, 0.6) is 5.75 Å². The number of rotatable bonds is 5. The summed E-state index contributed by atoms with van der Waals surface area (Å²) in [7, 11) is 0. The summed E-state index contributed by atoms with van der Waals surface area (Å²) in [4.78, 5) is 14.5. The second-order valence-corrected chi connectivity index (χ2v) is 5.82. The number of hydrogen-bond acceptors (Lipinski definition) is 4. The predicted molar refractivity (Wildman–Crippen MR) is 102 cm³/mol. The highest BCUT2D eigenvalue weighted by Crippen LogP contribution is 2.20. The van der Waals surface area contributed by atoms with E-state index in [-0.39, 0.29) is 6.03 Å². The number of carbonyl (C=O) groups excluding carboxylic acids is 1. The molecule has 0 spiro atoms. The molecule has 1 heterocycles. The van der Waals surface area contributed by atoms with Gasteiger partial charge in [-0.3, -0.25) is 0 Å². The Bertz CT molecular complexity index is 697. The van der Waals surface area contributed by atoms with Gasteiger partial charge in [0.1, 0.15) is 5.75 Å². The van der Waals surface area contributed by atoms with E-state index in [1.54, 1.807) is 6.07 Å². The lowest BCUT2D eigenvalue weighted by molar-refractivity contribution is 0.262. The third kappa shape index (κ3) is 4.87. The van der Waals surface area contributed by atoms with Gasteiger partial charge in [0.15, 0.2) is 0 Å². The molecule has 0 aromatic heterocycles. The van der Waals surface area contributed by atoms with Crippen LogP contribution >= 0.6 is 0 Å². The Morgan fingerprint density at radius 2 is 1.80 bits per heavy atom. The van der Waals surface area contributed by atoms with E-state index >= 15 is 0 Å². The van der Waals surface area contributed by atoms with Crippen molar-refractivity contribution in [3.63, 3.8) is 0 Å². The molecule has 3 rings (SSSR count). The minimum atomic E-state index is -0.274. The van der Waals surface area contributed by atoms with E-state index in [9.17, 15) is 4.79 Å². The maximum absolute atomic E-state index is 12.2. The highest BCUT2D eigenvalue weighted by molar-refractivity contribution is 5.99. The molecule has 2 amide bonds. The average Bonchev–Trinajstić information content (AvgIpc) is 2.63. The van der Waals surface area contributed by atoms with Crippen LogP contribution in [0.25, 0.3) is 0 Å². The average molecular weight is 340 g/mol. The summed E-state index contributed by atoms with van der Waals surface area (Å²) < 4.78 is 5.44. The minimum absolute atomic E-state index is 0.274. The maximum Gasteiger partial charge on any atom is 0.323 e. The Morgan fingerprint density at radius 1 is 1.08 bits per heavy atom. The van der Waals surface area contributed by atoms with E-state index < -0.39 is 0 Å². The lowest BCUT2D eigenvalue weighted by Crippen LogP contribution is -2.43. The molecule has 0 bridgehead atoms. The van der Waals surface area contributed by atoms with Crippen LogP contribution in [-0.4, -0.2) is 38.8 Å². The molecule has 0 saturated carbocycles. The fourth-order valence-corrected chi connectivity index (χ4v) is 2.80. The first-order valence-corrected chi connectivity index (χ1v) is 8.61. The van der Waals surface area contributed by atoms with Crippen LogP contribution in [0.1, 0.15) is 6.92 Å². The van der Waals surface area contributed by atoms with E-state index in [1.165, 1.54) is 5.69 Å². The molecule has 0 radical (unpaired) electrons. The zero-order valence-corrected chi connectivity index (χ0v) is 14.4. The number of nitrogens with zero attached hydrogens (tertiary/aromatic N) is 1. The van der Waals surface area contributed by atoms with Crippen LogP contribution in [0.4, 0.5) is 21.9 Å². The number of urea groups is 1. The SMILES string of the molecule is CCOc1cccc(NC(=O)Nc2ccc(N3CCNCC3)cc2)c1. The van der Waals surface area contributed by atoms with Gasteiger partial charge in [-0.15, -0.1) is 0 Å². The molecule has 2 aromatic rings. The van der Waals surface area contributed by atoms with Crippen LogP contribution in [0.2, 0.25) is 0 Å². The van der Waals surface area contributed by atoms with Crippen molar-refractivity contribution in [3.8, 4) is 5.75 Å². The van der Waals surface area contributed by atoms with Crippen molar-refractivity contribution in [1.29, 1.82) is 0 Å². The zero-order chi connectivity index (χ0) is 17.5. The summed E-state index contributed by atoms with van der Waals surface area (Å²) in [5.74, 6) is 0.737. The van der Waals surface area contributed by atoms with Gasteiger partial charge in [-0.05, 0) is 43.3 Å². The van der Waals surface area contributed by atoms with Crippen molar-refractivity contribution in [2.75, 3.05) is 48.3 Å². The number of benzene rings is 2. The predicted octanol–water partition coefficient (Wildman–Crippen LogP) is 3.14. The van der Waals surface area contributed by atoms with E-state index in [2.05, 4.69) is 20.9 Å². The van der Waals surface area contributed by atoms with Gasteiger partial charge in [0.05, 0.1) is 6.61 Å². The Balaban J connectivity index is 1.56. The fourth-order valence-electron chi connectivity index (χ4n) is 2.80. The molecule has 1 fully saturated rings. The molecule has 132 valence electrons. The number of nitrogens with one attached hydrogen (secondary N) is 3. The summed E-state index contributed by atoms with van der Waals surface area (Å²) in [6, 6.07) is 15.0. The molecule has 25 heavy (non-hydrogen) atoms. The molecular formula is C19H24N4O2. The highest BCUT2D eigenvalue weighted by atomic mass is 16.5. The fraction of sp³-hybridized carbons (Fsp3) is 0.316. The molecule has 0 atom stereocenters. The normalized spacial score (nSPS) is 14.0.